The van der Waals surface area contributed by atoms with E-state index < -0.39 is 0 Å². The predicted molar refractivity (Wildman–Crippen MR) is 91.6 cm³/mol. The van der Waals surface area contributed by atoms with Gasteiger partial charge in [-0.2, -0.15) is 0 Å². The lowest BCUT2D eigenvalue weighted by molar-refractivity contribution is 0.0942. The van der Waals surface area contributed by atoms with Crippen LogP contribution >= 0.6 is 0 Å². The third kappa shape index (κ3) is 3.85. The first-order valence-corrected chi connectivity index (χ1v) is 7.60. The Labute approximate surface area is 136 Å². The molecule has 2 rings (SSSR count). The zero-order valence-corrected chi connectivity index (χ0v) is 13.5. The van der Waals surface area contributed by atoms with Gasteiger partial charge in [-0.1, -0.05) is 62.4 Å². The smallest absolute Gasteiger partial charge is 0.252 e. The van der Waals surface area contributed by atoms with Crippen LogP contribution in [-0.4, -0.2) is 24.8 Å². The van der Waals surface area contributed by atoms with Gasteiger partial charge in [0, 0.05) is 29.1 Å². The highest BCUT2D eigenvalue weighted by Gasteiger charge is 2.28. The van der Waals surface area contributed by atoms with E-state index in [1.54, 1.807) is 24.3 Å². The van der Waals surface area contributed by atoms with Gasteiger partial charge in [-0.3, -0.25) is 9.59 Å². The first-order valence-electron chi connectivity index (χ1n) is 7.60. The lowest BCUT2D eigenvalue weighted by atomic mass is 9.78. The van der Waals surface area contributed by atoms with Gasteiger partial charge in [0.2, 0.25) is 0 Å². The first kappa shape index (κ1) is 16.9. The first-order chi connectivity index (χ1) is 11.0. The second-order valence-corrected chi connectivity index (χ2v) is 6.11. The second-order valence-electron chi connectivity index (χ2n) is 6.11. The van der Waals surface area contributed by atoms with Crippen molar-refractivity contribution in [1.29, 1.82) is 0 Å². The molecule has 1 atom stereocenters. The normalized spacial score (nSPS) is 12.5. The van der Waals surface area contributed by atoms with Gasteiger partial charge < -0.3 is 11.1 Å². The fourth-order valence-corrected chi connectivity index (χ4v) is 2.44. The van der Waals surface area contributed by atoms with Crippen molar-refractivity contribution in [3.63, 3.8) is 0 Å². The summed E-state index contributed by atoms with van der Waals surface area (Å²) in [4.78, 5) is 23.3. The molecule has 1 unspecified atom stereocenters. The molecule has 1 amide bonds. The van der Waals surface area contributed by atoms with E-state index in [1.807, 2.05) is 30.3 Å². The SMILES string of the molecule is CC(C)(c1ccccc1)C(N)CNC(=O)c1ccccc1C=O. The summed E-state index contributed by atoms with van der Waals surface area (Å²) in [6.45, 7) is 4.44. The van der Waals surface area contributed by atoms with Gasteiger partial charge >= 0.3 is 0 Å². The van der Waals surface area contributed by atoms with Gasteiger partial charge in [-0.15, -0.1) is 0 Å². The number of aldehydes is 1. The van der Waals surface area contributed by atoms with Gasteiger partial charge in [-0.05, 0) is 11.6 Å². The Morgan fingerprint density at radius 1 is 1.13 bits per heavy atom. The van der Waals surface area contributed by atoms with Crippen LogP contribution in [0.1, 0.15) is 40.1 Å². The zero-order valence-electron chi connectivity index (χ0n) is 13.5. The third-order valence-corrected chi connectivity index (χ3v) is 4.26. The van der Waals surface area contributed by atoms with Gasteiger partial charge in [0.05, 0.1) is 0 Å². The number of carbonyl (C=O) groups is 2. The summed E-state index contributed by atoms with van der Waals surface area (Å²) in [6.07, 6.45) is 0.683. The van der Waals surface area contributed by atoms with Crippen LogP contribution in [0.15, 0.2) is 54.6 Å². The summed E-state index contributed by atoms with van der Waals surface area (Å²) < 4.78 is 0. The maximum Gasteiger partial charge on any atom is 0.252 e. The van der Waals surface area contributed by atoms with Crippen LogP contribution in [-0.2, 0) is 5.41 Å². The molecule has 0 radical (unpaired) electrons. The fourth-order valence-electron chi connectivity index (χ4n) is 2.44. The number of hydrogen-bond donors (Lipinski definition) is 2. The highest BCUT2D eigenvalue weighted by Crippen LogP contribution is 2.25. The molecule has 0 bridgehead atoms. The van der Waals surface area contributed by atoms with Crippen molar-refractivity contribution in [2.24, 2.45) is 5.73 Å². The largest absolute Gasteiger partial charge is 0.350 e. The van der Waals surface area contributed by atoms with Crippen molar-refractivity contribution < 1.29 is 9.59 Å². The minimum Gasteiger partial charge on any atom is -0.350 e. The lowest BCUT2D eigenvalue weighted by Gasteiger charge is -2.32. The average molecular weight is 310 g/mol. The van der Waals surface area contributed by atoms with E-state index in [1.165, 1.54) is 0 Å². The number of amides is 1. The maximum absolute atomic E-state index is 12.3. The molecule has 0 saturated heterocycles. The molecule has 4 heteroatoms. The molecule has 0 aromatic heterocycles. The highest BCUT2D eigenvalue weighted by atomic mass is 16.1. The van der Waals surface area contributed by atoms with E-state index in [-0.39, 0.29) is 17.4 Å². The quantitative estimate of drug-likeness (QED) is 0.805. The number of rotatable bonds is 6. The monoisotopic (exact) mass is 310 g/mol. The second kappa shape index (κ2) is 7.20. The molecule has 2 aromatic rings. The van der Waals surface area contributed by atoms with Gasteiger partial charge in [0.15, 0.2) is 6.29 Å². The van der Waals surface area contributed by atoms with Crippen molar-refractivity contribution in [2.75, 3.05) is 6.54 Å². The number of nitrogens with one attached hydrogen (secondary N) is 1. The van der Waals surface area contributed by atoms with Crippen LogP contribution < -0.4 is 11.1 Å². The molecule has 4 nitrogen and oxygen atoms in total. The number of nitrogens with two attached hydrogens (primary N) is 1. The Kier molecular flexibility index (Phi) is 5.29. The van der Waals surface area contributed by atoms with E-state index >= 15 is 0 Å². The van der Waals surface area contributed by atoms with Crippen LogP contribution in [0.2, 0.25) is 0 Å². The van der Waals surface area contributed by atoms with E-state index in [9.17, 15) is 9.59 Å². The summed E-state index contributed by atoms with van der Waals surface area (Å²) in [7, 11) is 0. The molecule has 2 aromatic carbocycles. The molecular weight excluding hydrogens is 288 g/mol. The van der Waals surface area contributed by atoms with Crippen LogP contribution in [0.4, 0.5) is 0 Å². The molecular formula is C19H22N2O2. The zero-order chi connectivity index (χ0) is 16.9. The molecule has 3 N–H and O–H groups in total. The minimum absolute atomic E-state index is 0.253. The standard InChI is InChI=1S/C19H22N2O2/c1-19(2,15-9-4-3-5-10-15)17(20)12-21-18(23)16-11-7-6-8-14(16)13-22/h3-11,13,17H,12,20H2,1-2H3,(H,21,23). The minimum atomic E-state index is -0.285. The molecule has 0 aliphatic heterocycles. The van der Waals surface area contributed by atoms with Crippen molar-refractivity contribution >= 4 is 12.2 Å². The highest BCUT2D eigenvalue weighted by molar-refractivity contribution is 6.01. The Hall–Kier alpha value is -2.46. The summed E-state index contributed by atoms with van der Waals surface area (Å²) >= 11 is 0. The average Bonchev–Trinajstić information content (AvgIpc) is 2.59. The van der Waals surface area contributed by atoms with Crippen molar-refractivity contribution in [3.8, 4) is 0 Å². The molecule has 0 aliphatic carbocycles. The van der Waals surface area contributed by atoms with Crippen LogP contribution in [0.3, 0.4) is 0 Å². The molecule has 0 saturated carbocycles. The van der Waals surface area contributed by atoms with E-state index in [0.29, 0.717) is 24.0 Å². The molecule has 23 heavy (non-hydrogen) atoms. The van der Waals surface area contributed by atoms with E-state index in [2.05, 4.69) is 19.2 Å². The molecule has 0 fully saturated rings. The number of hydrogen-bond acceptors (Lipinski definition) is 3. The Balaban J connectivity index is 2.05. The van der Waals surface area contributed by atoms with Crippen LogP contribution in [0.5, 0.6) is 0 Å². The topological polar surface area (TPSA) is 72.2 Å². The molecule has 0 heterocycles. The number of carbonyl (C=O) groups excluding carboxylic acids is 2. The van der Waals surface area contributed by atoms with Crippen molar-refractivity contribution in [2.45, 2.75) is 25.3 Å². The lowest BCUT2D eigenvalue weighted by Crippen LogP contribution is -2.48. The van der Waals surface area contributed by atoms with Gasteiger partial charge in [0.25, 0.3) is 5.91 Å². The van der Waals surface area contributed by atoms with Gasteiger partial charge in [0.1, 0.15) is 0 Å². The molecule has 0 aliphatic rings. The number of benzene rings is 2. The fraction of sp³-hybridized carbons (Fsp3) is 0.263. The van der Waals surface area contributed by atoms with Crippen LogP contribution in [0, 0.1) is 0 Å². The summed E-state index contributed by atoms with van der Waals surface area (Å²) in [5.74, 6) is -0.285. The van der Waals surface area contributed by atoms with E-state index in [0.717, 1.165) is 5.56 Å². The molecule has 120 valence electrons. The predicted octanol–water partition coefficient (Wildman–Crippen LogP) is 2.53. The van der Waals surface area contributed by atoms with Crippen molar-refractivity contribution in [3.05, 3.63) is 71.3 Å². The molecule has 0 spiro atoms. The van der Waals surface area contributed by atoms with Crippen molar-refractivity contribution in [1.82, 2.24) is 5.32 Å². The Morgan fingerprint density at radius 3 is 2.39 bits per heavy atom. The van der Waals surface area contributed by atoms with Gasteiger partial charge in [-0.25, -0.2) is 0 Å². The third-order valence-electron chi connectivity index (χ3n) is 4.26. The summed E-state index contributed by atoms with van der Waals surface area (Å²) in [5.41, 5.74) is 7.88. The Bertz CT molecular complexity index is 681. The van der Waals surface area contributed by atoms with E-state index in [4.69, 9.17) is 5.73 Å². The maximum atomic E-state index is 12.3. The van der Waals surface area contributed by atoms with Crippen LogP contribution in [0.25, 0.3) is 0 Å². The summed E-state index contributed by atoms with van der Waals surface area (Å²) in [6, 6.07) is 16.4. The summed E-state index contributed by atoms with van der Waals surface area (Å²) in [5, 5.41) is 2.83. The Morgan fingerprint density at radius 2 is 1.74 bits per heavy atom.